The molecule has 0 radical (unpaired) electrons. The largest absolute Gasteiger partial charge is 0.313 e. The summed E-state index contributed by atoms with van der Waals surface area (Å²) in [5.41, 5.74) is 4.10. The highest BCUT2D eigenvalue weighted by atomic mass is 79.9. The summed E-state index contributed by atoms with van der Waals surface area (Å²) in [7, 11) is 0. The molecule has 1 N–H and O–H groups in total. The maximum atomic E-state index is 4.65. The van der Waals surface area contributed by atoms with Gasteiger partial charge in [-0.2, -0.15) is 5.10 Å². The van der Waals surface area contributed by atoms with Crippen LogP contribution in [0.2, 0.25) is 0 Å². The third-order valence-corrected chi connectivity index (χ3v) is 4.72. The predicted octanol–water partition coefficient (Wildman–Crippen LogP) is 4.07. The fourth-order valence-corrected chi connectivity index (χ4v) is 3.12. The molecule has 1 aliphatic rings. The molecule has 1 aromatic heterocycles. The number of hydrogen-bond acceptors (Lipinski definition) is 2. The Bertz CT molecular complexity index is 602. The number of hydrogen-bond donors (Lipinski definition) is 1. The van der Waals surface area contributed by atoms with Crippen molar-refractivity contribution in [1.82, 2.24) is 15.1 Å². The van der Waals surface area contributed by atoms with Crippen molar-refractivity contribution in [1.29, 1.82) is 0 Å². The summed E-state index contributed by atoms with van der Waals surface area (Å²) in [5.74, 6) is 0.716. The Labute approximate surface area is 134 Å². The van der Waals surface area contributed by atoms with Crippen LogP contribution in [0, 0.1) is 0 Å². The first-order chi connectivity index (χ1) is 10.3. The summed E-state index contributed by atoms with van der Waals surface area (Å²) in [6.07, 6.45) is 5.84. The molecule has 0 aliphatic heterocycles. The maximum absolute atomic E-state index is 4.65. The van der Waals surface area contributed by atoms with Crippen LogP contribution in [0.3, 0.4) is 0 Å². The minimum atomic E-state index is 0.716. The molecule has 4 heteroatoms. The highest BCUT2D eigenvalue weighted by Gasteiger charge is 2.30. The molecule has 1 aliphatic carbocycles. The number of benzene rings is 1. The molecule has 0 unspecified atom stereocenters. The van der Waals surface area contributed by atoms with Crippen LogP contribution in [0.15, 0.2) is 34.9 Å². The summed E-state index contributed by atoms with van der Waals surface area (Å²) in [4.78, 5) is 0. The zero-order valence-electron chi connectivity index (χ0n) is 12.5. The average molecular weight is 348 g/mol. The molecule has 112 valence electrons. The molecule has 0 amide bonds. The Balaban J connectivity index is 1.80. The van der Waals surface area contributed by atoms with Crippen LogP contribution in [-0.2, 0) is 13.1 Å². The van der Waals surface area contributed by atoms with Gasteiger partial charge in [0.05, 0.1) is 12.7 Å². The van der Waals surface area contributed by atoms with E-state index in [1.165, 1.54) is 36.1 Å². The highest BCUT2D eigenvalue weighted by molar-refractivity contribution is 9.10. The molecule has 0 spiro atoms. The van der Waals surface area contributed by atoms with Gasteiger partial charge in [-0.3, -0.25) is 4.68 Å². The minimum absolute atomic E-state index is 0.716. The lowest BCUT2D eigenvalue weighted by Gasteiger charge is -2.11. The lowest BCUT2D eigenvalue weighted by atomic mass is 10.1. The normalized spacial score (nSPS) is 14.6. The molecular weight excluding hydrogens is 326 g/mol. The summed E-state index contributed by atoms with van der Waals surface area (Å²) >= 11 is 3.64. The average Bonchev–Trinajstić information content (AvgIpc) is 3.25. The van der Waals surface area contributed by atoms with E-state index >= 15 is 0 Å². The quantitative estimate of drug-likeness (QED) is 0.765. The second kappa shape index (κ2) is 6.75. The Morgan fingerprint density at radius 1 is 1.29 bits per heavy atom. The van der Waals surface area contributed by atoms with E-state index in [1.807, 2.05) is 6.20 Å². The zero-order chi connectivity index (χ0) is 14.7. The number of rotatable bonds is 7. The predicted molar refractivity (Wildman–Crippen MR) is 89.4 cm³/mol. The van der Waals surface area contributed by atoms with Gasteiger partial charge < -0.3 is 5.32 Å². The van der Waals surface area contributed by atoms with Gasteiger partial charge in [-0.15, -0.1) is 0 Å². The molecule has 2 aromatic rings. The smallest absolute Gasteiger partial charge is 0.0673 e. The van der Waals surface area contributed by atoms with Crippen LogP contribution in [0.4, 0.5) is 0 Å². The van der Waals surface area contributed by atoms with E-state index in [4.69, 9.17) is 0 Å². The highest BCUT2D eigenvalue weighted by Crippen LogP contribution is 2.42. The molecule has 1 heterocycles. The van der Waals surface area contributed by atoms with Crippen molar-refractivity contribution in [2.45, 2.75) is 45.2 Å². The van der Waals surface area contributed by atoms with Crippen LogP contribution >= 0.6 is 15.9 Å². The lowest BCUT2D eigenvalue weighted by molar-refractivity contribution is 0.632. The molecule has 21 heavy (non-hydrogen) atoms. The first kappa shape index (κ1) is 14.8. The van der Waals surface area contributed by atoms with Crippen LogP contribution in [-0.4, -0.2) is 16.3 Å². The monoisotopic (exact) mass is 347 g/mol. The summed E-state index contributed by atoms with van der Waals surface area (Å²) in [6.45, 7) is 5.06. The maximum Gasteiger partial charge on any atom is 0.0673 e. The van der Waals surface area contributed by atoms with Crippen molar-refractivity contribution in [3.05, 3.63) is 51.8 Å². The summed E-state index contributed by atoms with van der Waals surface area (Å²) in [5, 5.41) is 8.15. The number of halogens is 1. The summed E-state index contributed by atoms with van der Waals surface area (Å²) in [6, 6.07) is 8.40. The minimum Gasteiger partial charge on any atom is -0.313 e. The third-order valence-electron chi connectivity index (χ3n) is 3.94. The van der Waals surface area contributed by atoms with E-state index < -0.39 is 0 Å². The molecule has 1 saturated carbocycles. The lowest BCUT2D eigenvalue weighted by Crippen LogP contribution is -2.15. The van der Waals surface area contributed by atoms with Gasteiger partial charge in [0.25, 0.3) is 0 Å². The van der Waals surface area contributed by atoms with Crippen LogP contribution in [0.25, 0.3) is 0 Å². The van der Waals surface area contributed by atoms with Gasteiger partial charge in [0.2, 0.25) is 0 Å². The molecular formula is C17H22BrN3. The fourth-order valence-electron chi connectivity index (χ4n) is 2.71. The first-order valence-electron chi connectivity index (χ1n) is 7.78. The zero-order valence-corrected chi connectivity index (χ0v) is 14.1. The molecule has 1 fully saturated rings. The van der Waals surface area contributed by atoms with Crippen LogP contribution in [0.5, 0.6) is 0 Å². The molecule has 0 bridgehead atoms. The van der Waals surface area contributed by atoms with Gasteiger partial charge in [0.15, 0.2) is 0 Å². The van der Waals surface area contributed by atoms with Crippen molar-refractivity contribution in [3.63, 3.8) is 0 Å². The van der Waals surface area contributed by atoms with E-state index in [0.717, 1.165) is 24.1 Å². The topological polar surface area (TPSA) is 29.9 Å². The Morgan fingerprint density at radius 3 is 2.81 bits per heavy atom. The van der Waals surface area contributed by atoms with E-state index in [9.17, 15) is 0 Å². The van der Waals surface area contributed by atoms with Gasteiger partial charge in [0.1, 0.15) is 0 Å². The number of nitrogens with zero attached hydrogens (tertiary/aromatic N) is 2. The molecule has 3 nitrogen and oxygen atoms in total. The fraction of sp³-hybridized carbons (Fsp3) is 0.471. The second-order valence-corrected chi connectivity index (χ2v) is 6.61. The Morgan fingerprint density at radius 2 is 2.10 bits per heavy atom. The van der Waals surface area contributed by atoms with Crippen molar-refractivity contribution in [2.24, 2.45) is 0 Å². The summed E-state index contributed by atoms with van der Waals surface area (Å²) < 4.78 is 3.36. The Kier molecular flexibility index (Phi) is 4.76. The van der Waals surface area contributed by atoms with Crippen molar-refractivity contribution in [2.75, 3.05) is 6.54 Å². The number of aromatic nitrogens is 2. The standard InChI is InChI=1S/C17H22BrN3/c1-2-9-19-10-15-11-20-21(17(15)13-7-8-13)12-14-5-3-4-6-16(14)18/h3-6,11,13,19H,2,7-10,12H2,1H3. The van der Waals surface area contributed by atoms with Crippen LogP contribution < -0.4 is 5.32 Å². The van der Waals surface area contributed by atoms with Gasteiger partial charge in [0, 0.05) is 28.2 Å². The van der Waals surface area contributed by atoms with Gasteiger partial charge in [-0.05, 0) is 37.4 Å². The Hall–Kier alpha value is -1.13. The molecule has 0 atom stereocenters. The third kappa shape index (κ3) is 3.55. The van der Waals surface area contributed by atoms with Crippen molar-refractivity contribution >= 4 is 15.9 Å². The molecule has 1 aromatic carbocycles. The van der Waals surface area contributed by atoms with Crippen molar-refractivity contribution in [3.8, 4) is 0 Å². The van der Waals surface area contributed by atoms with Gasteiger partial charge in [-0.1, -0.05) is 41.1 Å². The van der Waals surface area contributed by atoms with Crippen LogP contribution in [0.1, 0.15) is 48.9 Å². The van der Waals surface area contributed by atoms with Gasteiger partial charge >= 0.3 is 0 Å². The number of nitrogens with one attached hydrogen (secondary N) is 1. The first-order valence-corrected chi connectivity index (χ1v) is 8.57. The van der Waals surface area contributed by atoms with E-state index in [1.54, 1.807) is 0 Å². The molecule has 0 saturated heterocycles. The SMILES string of the molecule is CCCNCc1cnn(Cc2ccccc2Br)c1C1CC1. The van der Waals surface area contributed by atoms with Gasteiger partial charge in [-0.25, -0.2) is 0 Å². The molecule has 3 rings (SSSR count). The van der Waals surface area contributed by atoms with E-state index in [0.29, 0.717) is 5.92 Å². The van der Waals surface area contributed by atoms with E-state index in [-0.39, 0.29) is 0 Å². The second-order valence-electron chi connectivity index (χ2n) is 5.76. The van der Waals surface area contributed by atoms with E-state index in [2.05, 4.69) is 62.2 Å². The van der Waals surface area contributed by atoms with Crippen molar-refractivity contribution < 1.29 is 0 Å².